The van der Waals surface area contributed by atoms with Crippen molar-refractivity contribution >= 4 is 27.4 Å². The average molecular weight is 420 g/mol. The molecule has 156 valence electrons. The number of morpholine rings is 1. The van der Waals surface area contributed by atoms with Crippen molar-refractivity contribution in [3.8, 4) is 11.4 Å². The Morgan fingerprint density at radius 3 is 2.45 bits per heavy atom. The summed E-state index contributed by atoms with van der Waals surface area (Å²) in [4.78, 5) is 21.9. The normalized spacial score (nSPS) is 14.8. The molecular weight excluding hydrogens is 396 g/mol. The van der Waals surface area contributed by atoms with Crippen molar-refractivity contribution in [3.63, 3.8) is 0 Å². The van der Waals surface area contributed by atoms with Gasteiger partial charge in [0.05, 0.1) is 29.9 Å². The average Bonchev–Trinajstić information content (AvgIpc) is 2.68. The topological polar surface area (TPSA) is 122 Å². The van der Waals surface area contributed by atoms with Crippen LogP contribution in [0.15, 0.2) is 30.3 Å². The summed E-state index contributed by atoms with van der Waals surface area (Å²) in [5.74, 6) is 0.876. The van der Waals surface area contributed by atoms with Crippen molar-refractivity contribution in [2.75, 3.05) is 36.5 Å². The van der Waals surface area contributed by atoms with E-state index in [9.17, 15) is 13.2 Å². The Labute approximate surface area is 169 Å². The van der Waals surface area contributed by atoms with Gasteiger partial charge >= 0.3 is 6.09 Å². The van der Waals surface area contributed by atoms with Gasteiger partial charge < -0.3 is 14.7 Å². The molecule has 3 rings (SSSR count). The molecular formula is C19H24N4O5S. The van der Waals surface area contributed by atoms with Crippen LogP contribution in [-0.4, -0.2) is 61.1 Å². The van der Waals surface area contributed by atoms with Gasteiger partial charge in [0.1, 0.15) is 5.82 Å². The summed E-state index contributed by atoms with van der Waals surface area (Å²) in [6.45, 7) is 5.77. The third kappa shape index (κ3) is 5.42. The van der Waals surface area contributed by atoms with Gasteiger partial charge in [-0.2, -0.15) is 0 Å². The van der Waals surface area contributed by atoms with E-state index in [1.54, 1.807) is 44.2 Å². The van der Waals surface area contributed by atoms with Gasteiger partial charge in [0.25, 0.3) is 0 Å². The smallest absolute Gasteiger partial charge is 0.409 e. The molecule has 1 amide bonds. The molecule has 1 saturated heterocycles. The number of sulfone groups is 1. The van der Waals surface area contributed by atoms with Crippen LogP contribution >= 0.6 is 0 Å². The minimum absolute atomic E-state index is 0.170. The van der Waals surface area contributed by atoms with Crippen LogP contribution in [0.2, 0.25) is 0 Å². The van der Waals surface area contributed by atoms with Crippen LogP contribution in [0, 0.1) is 0 Å². The van der Waals surface area contributed by atoms with Gasteiger partial charge in [-0.15, -0.1) is 0 Å². The fourth-order valence-corrected chi connectivity index (χ4v) is 3.73. The first-order chi connectivity index (χ1) is 13.7. The zero-order valence-corrected chi connectivity index (χ0v) is 17.1. The molecule has 0 aliphatic carbocycles. The minimum atomic E-state index is -3.33. The second-order valence-electron chi connectivity index (χ2n) is 7.00. The summed E-state index contributed by atoms with van der Waals surface area (Å²) < 4.78 is 30.2. The molecule has 10 heteroatoms. The van der Waals surface area contributed by atoms with Gasteiger partial charge in [0, 0.05) is 30.4 Å². The monoisotopic (exact) mass is 420 g/mol. The highest BCUT2D eigenvalue weighted by Gasteiger charge is 2.21. The third-order valence-electron chi connectivity index (χ3n) is 4.56. The van der Waals surface area contributed by atoms with E-state index in [1.165, 1.54) is 0 Å². The van der Waals surface area contributed by atoms with Gasteiger partial charge in [0.15, 0.2) is 15.7 Å². The number of carboxylic acid groups (broad SMARTS) is 1. The minimum Gasteiger partial charge on any atom is -0.465 e. The van der Waals surface area contributed by atoms with Gasteiger partial charge in [-0.05, 0) is 38.1 Å². The van der Waals surface area contributed by atoms with Crippen LogP contribution in [0.1, 0.15) is 19.5 Å². The largest absolute Gasteiger partial charge is 0.465 e. The molecule has 0 bridgehead atoms. The molecule has 2 aromatic rings. The van der Waals surface area contributed by atoms with Crippen LogP contribution in [0.3, 0.4) is 0 Å². The fraction of sp³-hybridized carbons (Fsp3) is 0.421. The number of anilines is 2. The summed E-state index contributed by atoms with van der Waals surface area (Å²) in [5.41, 5.74) is 1.52. The highest BCUT2D eigenvalue weighted by atomic mass is 32.2. The number of rotatable bonds is 6. The van der Waals surface area contributed by atoms with E-state index in [2.05, 4.69) is 15.3 Å². The van der Waals surface area contributed by atoms with Gasteiger partial charge in [0.2, 0.25) is 0 Å². The van der Waals surface area contributed by atoms with Gasteiger partial charge in [-0.1, -0.05) is 0 Å². The standard InChI is InChI=1S/C19H24N4O5S/c1-13(2)29(26,27)12-16-11-17(23-7-9-28-10-8-23)22-18(20-16)14-3-5-15(6-4-14)21-19(24)25/h3-6,11,13,21H,7-10,12H2,1-2H3,(H,24,25). The predicted octanol–water partition coefficient (Wildman–Crippen LogP) is 2.39. The number of nitrogens with one attached hydrogen (secondary N) is 1. The molecule has 0 atom stereocenters. The number of ether oxygens (including phenoxy) is 1. The molecule has 29 heavy (non-hydrogen) atoms. The van der Waals surface area contributed by atoms with Crippen molar-refractivity contribution in [1.29, 1.82) is 0 Å². The summed E-state index contributed by atoms with van der Waals surface area (Å²) in [7, 11) is -3.33. The summed E-state index contributed by atoms with van der Waals surface area (Å²) in [5, 5.41) is 10.6. The summed E-state index contributed by atoms with van der Waals surface area (Å²) >= 11 is 0. The molecule has 1 aromatic heterocycles. The molecule has 1 aromatic carbocycles. The lowest BCUT2D eigenvalue weighted by Gasteiger charge is -2.28. The zero-order valence-electron chi connectivity index (χ0n) is 16.3. The van der Waals surface area contributed by atoms with E-state index in [1.807, 2.05) is 4.90 Å². The van der Waals surface area contributed by atoms with Crippen LogP contribution in [0.5, 0.6) is 0 Å². The van der Waals surface area contributed by atoms with Crippen LogP contribution in [0.25, 0.3) is 11.4 Å². The van der Waals surface area contributed by atoms with Crippen molar-refractivity contribution in [2.24, 2.45) is 0 Å². The first-order valence-electron chi connectivity index (χ1n) is 9.27. The van der Waals surface area contributed by atoms with Crippen LogP contribution < -0.4 is 10.2 Å². The molecule has 2 N–H and O–H groups in total. The predicted molar refractivity (Wildman–Crippen MR) is 110 cm³/mol. The second kappa shape index (κ2) is 8.75. The summed E-state index contributed by atoms with van der Waals surface area (Å²) in [6.07, 6.45) is -1.15. The van der Waals surface area contributed by atoms with E-state index >= 15 is 0 Å². The maximum Gasteiger partial charge on any atom is 0.409 e. The summed E-state index contributed by atoms with van der Waals surface area (Å²) in [6, 6.07) is 8.33. The second-order valence-corrected chi connectivity index (χ2v) is 9.56. The highest BCUT2D eigenvalue weighted by Crippen LogP contribution is 2.24. The van der Waals surface area contributed by atoms with Crippen LogP contribution in [0.4, 0.5) is 16.3 Å². The van der Waals surface area contributed by atoms with Crippen LogP contribution in [-0.2, 0) is 20.3 Å². The number of nitrogens with zero attached hydrogens (tertiary/aromatic N) is 3. The Kier molecular flexibility index (Phi) is 6.33. The zero-order chi connectivity index (χ0) is 21.0. The number of aromatic nitrogens is 2. The van der Waals surface area contributed by atoms with E-state index in [0.29, 0.717) is 54.9 Å². The maximum atomic E-state index is 12.4. The molecule has 1 fully saturated rings. The van der Waals surface area contributed by atoms with Crippen molar-refractivity contribution in [1.82, 2.24) is 9.97 Å². The van der Waals surface area contributed by atoms with E-state index < -0.39 is 21.2 Å². The van der Waals surface area contributed by atoms with Crippen molar-refractivity contribution < 1.29 is 23.1 Å². The first kappa shape index (κ1) is 21.0. The van der Waals surface area contributed by atoms with Gasteiger partial charge in [-0.3, -0.25) is 5.32 Å². The van der Waals surface area contributed by atoms with E-state index in [4.69, 9.17) is 9.84 Å². The van der Waals surface area contributed by atoms with E-state index in [-0.39, 0.29) is 5.75 Å². The van der Waals surface area contributed by atoms with E-state index in [0.717, 1.165) is 0 Å². The molecule has 0 unspecified atom stereocenters. The Morgan fingerprint density at radius 1 is 1.21 bits per heavy atom. The molecule has 1 aliphatic rings. The number of amides is 1. The lowest BCUT2D eigenvalue weighted by molar-refractivity contribution is 0.122. The van der Waals surface area contributed by atoms with Gasteiger partial charge in [-0.25, -0.2) is 23.2 Å². The number of hydrogen-bond donors (Lipinski definition) is 2. The Hall–Kier alpha value is -2.72. The Bertz CT molecular complexity index is 971. The fourth-order valence-electron chi connectivity index (χ4n) is 2.84. The lowest BCUT2D eigenvalue weighted by atomic mass is 10.2. The first-order valence-corrected chi connectivity index (χ1v) is 11.0. The Balaban J connectivity index is 1.98. The van der Waals surface area contributed by atoms with Crippen molar-refractivity contribution in [3.05, 3.63) is 36.0 Å². The molecule has 1 aliphatic heterocycles. The molecule has 0 spiro atoms. The number of benzene rings is 1. The Morgan fingerprint density at radius 2 is 1.86 bits per heavy atom. The lowest BCUT2D eigenvalue weighted by Crippen LogP contribution is -2.37. The molecule has 9 nitrogen and oxygen atoms in total. The quantitative estimate of drug-likeness (QED) is 0.731. The maximum absolute atomic E-state index is 12.4. The molecule has 0 radical (unpaired) electrons. The number of carbonyl (C=O) groups is 1. The number of hydrogen-bond acceptors (Lipinski definition) is 7. The van der Waals surface area contributed by atoms with Crippen molar-refractivity contribution in [2.45, 2.75) is 24.9 Å². The highest BCUT2D eigenvalue weighted by molar-refractivity contribution is 7.91. The molecule has 0 saturated carbocycles. The third-order valence-corrected chi connectivity index (χ3v) is 6.70. The molecule has 2 heterocycles. The SMILES string of the molecule is CC(C)S(=O)(=O)Cc1cc(N2CCOCC2)nc(-c2ccc(NC(=O)O)cc2)n1.